The Bertz CT molecular complexity index is 2010. The largest absolute Gasteiger partial charge is 0.462 e. The highest BCUT2D eigenvalue weighted by atomic mass is 16.6. The van der Waals surface area contributed by atoms with E-state index in [0.29, 0.717) is 19.3 Å². The summed E-state index contributed by atoms with van der Waals surface area (Å²) in [4.78, 5) is 38.2. The Morgan fingerprint density at radius 3 is 0.696 bits per heavy atom. The van der Waals surface area contributed by atoms with E-state index in [1.165, 1.54) is 0 Å². The summed E-state index contributed by atoms with van der Waals surface area (Å²) in [6.07, 6.45) is 101. The number of unbranched alkanes of at least 4 members (excludes halogenated alkanes) is 4. The first-order valence-electron chi connectivity index (χ1n) is 30.2. The van der Waals surface area contributed by atoms with Crippen molar-refractivity contribution in [3.05, 3.63) is 219 Å². The molecule has 0 aliphatic heterocycles. The molecule has 1 unspecified atom stereocenters. The first-order valence-corrected chi connectivity index (χ1v) is 30.2. The Balaban J connectivity index is 4.70. The summed E-state index contributed by atoms with van der Waals surface area (Å²) in [5.41, 5.74) is 0. The van der Waals surface area contributed by atoms with Gasteiger partial charge in [-0.25, -0.2) is 0 Å². The molecule has 0 aliphatic carbocycles. The van der Waals surface area contributed by atoms with Crippen LogP contribution >= 0.6 is 0 Å². The Morgan fingerprint density at radius 1 is 0.253 bits per heavy atom. The lowest BCUT2D eigenvalue weighted by Crippen LogP contribution is -2.30. The molecule has 0 aromatic rings. The Kier molecular flexibility index (Phi) is 59.2. The fraction of sp³-hybridized carbons (Fsp3) is 0.466. The zero-order chi connectivity index (χ0) is 57.1. The van der Waals surface area contributed by atoms with Crippen LogP contribution in [0.1, 0.15) is 201 Å². The number of allylic oxidation sites excluding steroid dienone is 36. The van der Waals surface area contributed by atoms with Crippen LogP contribution in [0.3, 0.4) is 0 Å². The van der Waals surface area contributed by atoms with Crippen LogP contribution in [0.15, 0.2) is 219 Å². The van der Waals surface area contributed by atoms with E-state index in [1.807, 2.05) is 0 Å². The fourth-order valence-electron chi connectivity index (χ4n) is 7.06. The zero-order valence-electron chi connectivity index (χ0n) is 49.5. The highest BCUT2D eigenvalue weighted by Gasteiger charge is 2.19. The molecule has 0 aromatic heterocycles. The summed E-state index contributed by atoms with van der Waals surface area (Å²) in [6.45, 7) is 6.13. The van der Waals surface area contributed by atoms with Crippen LogP contribution in [0, 0.1) is 0 Å². The molecule has 6 nitrogen and oxygen atoms in total. The van der Waals surface area contributed by atoms with Gasteiger partial charge in [0.1, 0.15) is 13.2 Å². The van der Waals surface area contributed by atoms with E-state index in [1.54, 1.807) is 0 Å². The van der Waals surface area contributed by atoms with Gasteiger partial charge in [-0.3, -0.25) is 14.4 Å². The molecule has 0 heterocycles. The van der Waals surface area contributed by atoms with Crippen molar-refractivity contribution in [3.63, 3.8) is 0 Å². The number of esters is 3. The van der Waals surface area contributed by atoms with Gasteiger partial charge in [0.05, 0.1) is 0 Å². The van der Waals surface area contributed by atoms with Gasteiger partial charge in [-0.05, 0) is 161 Å². The minimum absolute atomic E-state index is 0.157. The predicted molar refractivity (Wildman–Crippen MR) is 343 cm³/mol. The second kappa shape index (κ2) is 64.3. The van der Waals surface area contributed by atoms with Crippen molar-refractivity contribution in [1.29, 1.82) is 0 Å². The minimum atomic E-state index is -0.865. The maximum atomic E-state index is 12.9. The molecule has 0 fully saturated rings. The third-order valence-corrected chi connectivity index (χ3v) is 11.5. The average molecular weight is 1080 g/mol. The molecule has 0 radical (unpaired) electrons. The smallest absolute Gasteiger partial charge is 0.306 e. The topological polar surface area (TPSA) is 78.9 Å². The Morgan fingerprint density at radius 2 is 0.456 bits per heavy atom. The molecule has 0 rings (SSSR count). The van der Waals surface area contributed by atoms with E-state index in [-0.39, 0.29) is 44.4 Å². The van der Waals surface area contributed by atoms with Gasteiger partial charge >= 0.3 is 17.9 Å². The first-order chi connectivity index (χ1) is 39.0. The van der Waals surface area contributed by atoms with Crippen molar-refractivity contribution in [2.45, 2.75) is 207 Å². The van der Waals surface area contributed by atoms with E-state index >= 15 is 0 Å². The normalized spacial score (nSPS) is 13.7. The quantitative estimate of drug-likeness (QED) is 0.0261. The van der Waals surface area contributed by atoms with Crippen LogP contribution in [0.4, 0.5) is 0 Å². The van der Waals surface area contributed by atoms with E-state index < -0.39 is 12.1 Å². The number of hydrogen-bond acceptors (Lipinski definition) is 6. The second-order valence-electron chi connectivity index (χ2n) is 18.8. The number of hydrogen-bond donors (Lipinski definition) is 0. The number of carbonyl (C=O) groups excluding carboxylic acids is 3. The van der Waals surface area contributed by atoms with Gasteiger partial charge in [0, 0.05) is 19.3 Å². The highest BCUT2D eigenvalue weighted by molar-refractivity contribution is 5.71. The SMILES string of the molecule is CC/C=C\C/C=C\C/C=C\C/C=C\C/C=C\C/C=C\C/C=C\CCCC(=O)OCC(COC(=O)CCC/C=C\C/C=C\C/C=C\C/C=C\C/C=C\CC)OC(=O)CCCC/C=C\C/C=C\C/C=C\C/C=C\C/C=C\C/C=C\CC. The van der Waals surface area contributed by atoms with Crippen LogP contribution in [0.5, 0.6) is 0 Å². The molecule has 0 aliphatic rings. The van der Waals surface area contributed by atoms with Crippen molar-refractivity contribution in [1.82, 2.24) is 0 Å². The first kappa shape index (κ1) is 72.7. The summed E-state index contributed by atoms with van der Waals surface area (Å²) in [7, 11) is 0. The molecule has 434 valence electrons. The summed E-state index contributed by atoms with van der Waals surface area (Å²) >= 11 is 0. The van der Waals surface area contributed by atoms with Gasteiger partial charge in [0.25, 0.3) is 0 Å². The molecule has 1 atom stereocenters. The maximum Gasteiger partial charge on any atom is 0.306 e. The van der Waals surface area contributed by atoms with E-state index in [0.717, 1.165) is 141 Å². The van der Waals surface area contributed by atoms with Crippen molar-refractivity contribution >= 4 is 17.9 Å². The van der Waals surface area contributed by atoms with Gasteiger partial charge in [-0.1, -0.05) is 240 Å². The van der Waals surface area contributed by atoms with Gasteiger partial charge in [-0.2, -0.15) is 0 Å². The molecule has 0 aromatic carbocycles. The summed E-state index contributed by atoms with van der Waals surface area (Å²) < 4.78 is 16.7. The molecule has 0 bridgehead atoms. The van der Waals surface area contributed by atoms with Crippen molar-refractivity contribution in [3.8, 4) is 0 Å². The molecular weight excluding hydrogens is 973 g/mol. The van der Waals surface area contributed by atoms with Crippen LogP contribution in [0.2, 0.25) is 0 Å². The van der Waals surface area contributed by atoms with Gasteiger partial charge in [0.2, 0.25) is 0 Å². The highest BCUT2D eigenvalue weighted by Crippen LogP contribution is 2.10. The Hall–Kier alpha value is -6.27. The number of ether oxygens (including phenoxy) is 3. The van der Waals surface area contributed by atoms with Crippen molar-refractivity contribution in [2.75, 3.05) is 13.2 Å². The third-order valence-electron chi connectivity index (χ3n) is 11.5. The van der Waals surface area contributed by atoms with Gasteiger partial charge in [0.15, 0.2) is 6.10 Å². The third kappa shape index (κ3) is 62.5. The summed E-state index contributed by atoms with van der Waals surface area (Å²) in [5, 5.41) is 0. The number of carbonyl (C=O) groups is 3. The fourth-order valence-corrected chi connectivity index (χ4v) is 7.06. The van der Waals surface area contributed by atoms with E-state index in [2.05, 4.69) is 240 Å². The summed E-state index contributed by atoms with van der Waals surface area (Å²) in [6, 6.07) is 0. The van der Waals surface area contributed by atoms with Crippen LogP contribution in [0.25, 0.3) is 0 Å². The second-order valence-corrected chi connectivity index (χ2v) is 18.8. The van der Waals surface area contributed by atoms with Crippen LogP contribution < -0.4 is 0 Å². The maximum absolute atomic E-state index is 12.9. The molecule has 0 saturated carbocycles. The van der Waals surface area contributed by atoms with Gasteiger partial charge in [-0.15, -0.1) is 0 Å². The molecule has 0 saturated heterocycles. The Labute approximate surface area is 482 Å². The average Bonchev–Trinajstić information content (AvgIpc) is 3.45. The lowest BCUT2D eigenvalue weighted by Gasteiger charge is -2.18. The van der Waals surface area contributed by atoms with Crippen LogP contribution in [-0.2, 0) is 28.6 Å². The standard InChI is InChI=1S/C73H106O6/c1-4-7-10-13-16-19-22-25-28-31-33-35-36-38-39-42-45-48-51-54-57-60-63-66-72(75)78-69-70(68-77-71(74)65-62-59-56-53-50-47-44-41-30-27-24-21-18-15-12-9-6-3)79-73(76)67-64-61-58-55-52-49-46-43-40-37-34-32-29-26-23-20-17-14-11-8-5-2/h7-12,16-21,25-30,33-35,37-39,43-48,52-57,70H,4-6,13-15,22-24,31-32,36,40-42,49-51,58-69H2,1-3H3/b10-7-,11-8-,12-9-,19-16-,20-17-,21-18-,28-25-,29-26-,30-27-,35-33-,37-34-,39-38-,46-43-,47-44-,48-45-,55-52-,56-53-,57-54-. The number of rotatable bonds is 51. The summed E-state index contributed by atoms with van der Waals surface area (Å²) in [5.74, 6) is -1.13. The lowest BCUT2D eigenvalue weighted by molar-refractivity contribution is -0.167. The molecular formula is C73H106O6. The monoisotopic (exact) mass is 1080 g/mol. The molecule has 0 amide bonds. The molecule has 79 heavy (non-hydrogen) atoms. The molecule has 0 N–H and O–H groups in total. The minimum Gasteiger partial charge on any atom is -0.462 e. The predicted octanol–water partition coefficient (Wildman–Crippen LogP) is 21.0. The van der Waals surface area contributed by atoms with E-state index in [9.17, 15) is 14.4 Å². The van der Waals surface area contributed by atoms with Crippen LogP contribution in [-0.4, -0.2) is 37.2 Å². The zero-order valence-corrected chi connectivity index (χ0v) is 49.5. The molecule has 0 spiro atoms. The van der Waals surface area contributed by atoms with Gasteiger partial charge < -0.3 is 14.2 Å². The molecule has 6 heteroatoms. The van der Waals surface area contributed by atoms with Crippen molar-refractivity contribution < 1.29 is 28.6 Å². The lowest BCUT2D eigenvalue weighted by atomic mass is 10.2. The van der Waals surface area contributed by atoms with Crippen molar-refractivity contribution in [2.24, 2.45) is 0 Å². The van der Waals surface area contributed by atoms with E-state index in [4.69, 9.17) is 14.2 Å².